The van der Waals surface area contributed by atoms with Gasteiger partial charge in [-0.25, -0.2) is 4.79 Å². The molecule has 6 nitrogen and oxygen atoms in total. The Morgan fingerprint density at radius 1 is 1.59 bits per heavy atom. The average Bonchev–Trinajstić information content (AvgIpc) is 2.37. The van der Waals surface area contributed by atoms with E-state index in [2.05, 4.69) is 4.74 Å². The van der Waals surface area contributed by atoms with Gasteiger partial charge < -0.3 is 20.1 Å². The minimum atomic E-state index is -0.688. The lowest BCUT2D eigenvalue weighted by Crippen LogP contribution is -2.53. The molecule has 6 heteroatoms. The molecule has 1 aliphatic heterocycles. The maximum atomic E-state index is 11.9. The zero-order valence-corrected chi connectivity index (χ0v) is 10.3. The predicted molar refractivity (Wildman–Crippen MR) is 61.2 cm³/mol. The maximum Gasteiger partial charge on any atom is 0.336 e. The first kappa shape index (κ1) is 13.9. The molecule has 1 saturated heterocycles. The van der Waals surface area contributed by atoms with Gasteiger partial charge in [-0.1, -0.05) is 13.3 Å². The van der Waals surface area contributed by atoms with Gasteiger partial charge in [0.1, 0.15) is 0 Å². The standard InChI is InChI=1S/C11H20N2O4/c1-3-4-8(12)10(14)13-5-6-17-9(7-13)11(15)16-2/h8-9H,3-7,12H2,1-2H3. The topological polar surface area (TPSA) is 81.9 Å². The van der Waals surface area contributed by atoms with Gasteiger partial charge in [-0.15, -0.1) is 0 Å². The van der Waals surface area contributed by atoms with E-state index in [0.29, 0.717) is 19.6 Å². The van der Waals surface area contributed by atoms with Crippen LogP contribution in [0.2, 0.25) is 0 Å². The summed E-state index contributed by atoms with van der Waals surface area (Å²) in [6.45, 7) is 3.01. The third kappa shape index (κ3) is 3.67. The minimum absolute atomic E-state index is 0.121. The SMILES string of the molecule is CCCC(N)C(=O)N1CCOC(C(=O)OC)C1. The lowest BCUT2D eigenvalue weighted by molar-refractivity contribution is -0.162. The van der Waals surface area contributed by atoms with Gasteiger partial charge in [-0.2, -0.15) is 0 Å². The Kier molecular flexibility index (Phi) is 5.37. The summed E-state index contributed by atoms with van der Waals surface area (Å²) >= 11 is 0. The molecule has 1 aliphatic rings. The molecule has 0 aliphatic carbocycles. The molecule has 0 spiro atoms. The molecule has 1 heterocycles. The van der Waals surface area contributed by atoms with E-state index in [0.717, 1.165) is 6.42 Å². The molecule has 2 atom stereocenters. The first-order chi connectivity index (χ1) is 8.10. The number of hydrogen-bond donors (Lipinski definition) is 1. The first-order valence-corrected chi connectivity index (χ1v) is 5.84. The van der Waals surface area contributed by atoms with Crippen LogP contribution in [0.4, 0.5) is 0 Å². The van der Waals surface area contributed by atoms with Crippen LogP contribution in [0.3, 0.4) is 0 Å². The first-order valence-electron chi connectivity index (χ1n) is 5.84. The van der Waals surface area contributed by atoms with E-state index in [-0.39, 0.29) is 12.5 Å². The summed E-state index contributed by atoms with van der Waals surface area (Å²) in [5.41, 5.74) is 5.76. The van der Waals surface area contributed by atoms with Crippen molar-refractivity contribution in [3.63, 3.8) is 0 Å². The molecule has 0 aromatic heterocycles. The molecule has 1 rings (SSSR count). The normalized spacial score (nSPS) is 22.1. The quantitative estimate of drug-likeness (QED) is 0.675. The third-order valence-corrected chi connectivity index (χ3v) is 2.76. The highest BCUT2D eigenvalue weighted by molar-refractivity contribution is 5.83. The number of carbonyl (C=O) groups excluding carboxylic acids is 2. The van der Waals surface area contributed by atoms with E-state index in [1.54, 1.807) is 4.90 Å². The molecule has 1 fully saturated rings. The van der Waals surface area contributed by atoms with Crippen molar-refractivity contribution in [2.75, 3.05) is 26.8 Å². The fourth-order valence-electron chi connectivity index (χ4n) is 1.79. The van der Waals surface area contributed by atoms with Crippen molar-refractivity contribution in [1.82, 2.24) is 4.90 Å². The second kappa shape index (κ2) is 6.56. The molecule has 0 radical (unpaired) electrons. The van der Waals surface area contributed by atoms with E-state index >= 15 is 0 Å². The van der Waals surface area contributed by atoms with Crippen molar-refractivity contribution in [3.05, 3.63) is 0 Å². The van der Waals surface area contributed by atoms with Crippen molar-refractivity contribution in [2.24, 2.45) is 5.73 Å². The summed E-state index contributed by atoms with van der Waals surface area (Å²) < 4.78 is 9.83. The largest absolute Gasteiger partial charge is 0.467 e. The fraction of sp³-hybridized carbons (Fsp3) is 0.818. The molecule has 1 amide bonds. The Morgan fingerprint density at radius 3 is 2.88 bits per heavy atom. The van der Waals surface area contributed by atoms with E-state index < -0.39 is 18.1 Å². The lowest BCUT2D eigenvalue weighted by Gasteiger charge is -2.33. The minimum Gasteiger partial charge on any atom is -0.467 e. The zero-order valence-electron chi connectivity index (χ0n) is 10.3. The molecule has 2 N–H and O–H groups in total. The van der Waals surface area contributed by atoms with Gasteiger partial charge in [0.05, 0.1) is 26.3 Å². The summed E-state index contributed by atoms with van der Waals surface area (Å²) in [6, 6.07) is -0.489. The molecule has 98 valence electrons. The predicted octanol–water partition coefficient (Wildman–Crippen LogP) is -0.486. The van der Waals surface area contributed by atoms with Gasteiger partial charge in [-0.05, 0) is 6.42 Å². The number of morpholine rings is 1. The number of amides is 1. The molecule has 0 aromatic carbocycles. The van der Waals surface area contributed by atoms with Gasteiger partial charge >= 0.3 is 5.97 Å². The van der Waals surface area contributed by atoms with Crippen LogP contribution in [-0.2, 0) is 19.1 Å². The Hall–Kier alpha value is -1.14. The summed E-state index contributed by atoms with van der Waals surface area (Å²) in [4.78, 5) is 24.8. The number of hydrogen-bond acceptors (Lipinski definition) is 5. The van der Waals surface area contributed by atoms with Crippen LogP contribution < -0.4 is 5.73 Å². The van der Waals surface area contributed by atoms with Crippen LogP contribution in [0.5, 0.6) is 0 Å². The fourth-order valence-corrected chi connectivity index (χ4v) is 1.79. The van der Waals surface area contributed by atoms with E-state index in [1.165, 1.54) is 7.11 Å². The summed E-state index contributed by atoms with van der Waals surface area (Å²) in [5.74, 6) is -0.574. The maximum absolute atomic E-state index is 11.9. The molecule has 2 unspecified atom stereocenters. The van der Waals surface area contributed by atoms with Crippen molar-refractivity contribution in [1.29, 1.82) is 0 Å². The average molecular weight is 244 g/mol. The Labute approximate surface area is 101 Å². The highest BCUT2D eigenvalue weighted by Gasteiger charge is 2.31. The van der Waals surface area contributed by atoms with Crippen LogP contribution in [-0.4, -0.2) is 55.7 Å². The molecule has 0 bridgehead atoms. The zero-order chi connectivity index (χ0) is 12.8. The second-order valence-electron chi connectivity index (χ2n) is 4.06. The van der Waals surface area contributed by atoms with E-state index in [9.17, 15) is 9.59 Å². The lowest BCUT2D eigenvalue weighted by atomic mass is 10.1. The Morgan fingerprint density at radius 2 is 2.29 bits per heavy atom. The Balaban J connectivity index is 2.54. The van der Waals surface area contributed by atoms with Crippen LogP contribution in [0, 0.1) is 0 Å². The number of nitrogens with two attached hydrogens (primary N) is 1. The van der Waals surface area contributed by atoms with Crippen molar-refractivity contribution >= 4 is 11.9 Å². The second-order valence-corrected chi connectivity index (χ2v) is 4.06. The van der Waals surface area contributed by atoms with Crippen molar-refractivity contribution in [3.8, 4) is 0 Å². The third-order valence-electron chi connectivity index (χ3n) is 2.76. The summed E-state index contributed by atoms with van der Waals surface area (Å²) in [5, 5.41) is 0. The Bertz CT molecular complexity index is 283. The molecular formula is C11H20N2O4. The van der Waals surface area contributed by atoms with Crippen LogP contribution in [0.1, 0.15) is 19.8 Å². The van der Waals surface area contributed by atoms with E-state index in [1.807, 2.05) is 6.92 Å². The van der Waals surface area contributed by atoms with Gasteiger partial charge in [0.2, 0.25) is 5.91 Å². The van der Waals surface area contributed by atoms with Crippen LogP contribution in [0.25, 0.3) is 0 Å². The van der Waals surface area contributed by atoms with Gasteiger partial charge in [0, 0.05) is 6.54 Å². The number of carbonyl (C=O) groups is 2. The van der Waals surface area contributed by atoms with Crippen LogP contribution >= 0.6 is 0 Å². The van der Waals surface area contributed by atoms with Crippen molar-refractivity contribution < 1.29 is 19.1 Å². The van der Waals surface area contributed by atoms with Gasteiger partial charge in [-0.3, -0.25) is 4.79 Å². The number of nitrogens with zero attached hydrogens (tertiary/aromatic N) is 1. The van der Waals surface area contributed by atoms with Gasteiger partial charge in [0.15, 0.2) is 6.10 Å². The number of ether oxygens (including phenoxy) is 2. The highest BCUT2D eigenvalue weighted by Crippen LogP contribution is 2.09. The molecule has 0 saturated carbocycles. The monoisotopic (exact) mass is 244 g/mol. The molecule has 0 aromatic rings. The highest BCUT2D eigenvalue weighted by atomic mass is 16.6. The number of rotatable bonds is 4. The van der Waals surface area contributed by atoms with Crippen LogP contribution in [0.15, 0.2) is 0 Å². The summed E-state index contributed by atoms with van der Waals surface area (Å²) in [6.07, 6.45) is 0.822. The smallest absolute Gasteiger partial charge is 0.336 e. The van der Waals surface area contributed by atoms with Gasteiger partial charge in [0.25, 0.3) is 0 Å². The van der Waals surface area contributed by atoms with E-state index in [4.69, 9.17) is 10.5 Å². The summed E-state index contributed by atoms with van der Waals surface area (Å²) in [7, 11) is 1.30. The molecule has 17 heavy (non-hydrogen) atoms. The number of esters is 1. The number of methoxy groups -OCH3 is 1. The van der Waals surface area contributed by atoms with Crippen molar-refractivity contribution in [2.45, 2.75) is 31.9 Å². The molecular weight excluding hydrogens is 224 g/mol.